The predicted molar refractivity (Wildman–Crippen MR) is 73.8 cm³/mol. The largest absolute Gasteiger partial charge is 0.428 e. The number of fused-ring (bicyclic) bond motifs is 1. The molecule has 0 aliphatic heterocycles. The van der Waals surface area contributed by atoms with Crippen LogP contribution in [0.5, 0.6) is 0 Å². The number of nitrogens with two attached hydrogens (primary N) is 1. The van der Waals surface area contributed by atoms with Gasteiger partial charge in [0, 0.05) is 25.8 Å². The number of sulfone groups is 1. The van der Waals surface area contributed by atoms with Gasteiger partial charge in [0.2, 0.25) is 15.7 Å². The number of benzene rings is 1. The number of amides is 1. The van der Waals surface area contributed by atoms with Gasteiger partial charge in [0.15, 0.2) is 5.58 Å². The summed E-state index contributed by atoms with van der Waals surface area (Å²) in [6.45, 7) is 1.31. The molecule has 2 N–H and O–H groups in total. The molecule has 0 aliphatic carbocycles. The summed E-state index contributed by atoms with van der Waals surface area (Å²) < 4.78 is 29.8. The van der Waals surface area contributed by atoms with Crippen LogP contribution >= 0.6 is 0 Å². The Bertz CT molecular complexity index is 764. The molecule has 1 aromatic carbocycles. The molecule has 7 nitrogen and oxygen atoms in total. The van der Waals surface area contributed by atoms with Crippen LogP contribution in [-0.2, 0) is 14.6 Å². The van der Waals surface area contributed by atoms with E-state index in [4.69, 9.17) is 10.2 Å². The van der Waals surface area contributed by atoms with Crippen molar-refractivity contribution in [3.8, 4) is 0 Å². The molecule has 0 saturated carbocycles. The maximum absolute atomic E-state index is 12.3. The number of nitrogen functional groups attached to an aromatic ring is 1. The van der Waals surface area contributed by atoms with Crippen molar-refractivity contribution >= 4 is 32.5 Å². The fourth-order valence-electron chi connectivity index (χ4n) is 1.69. The SMILES string of the molecule is CC(C(=O)N(C)C)S(=O)(=O)c1nc2ccc(N)cc2o1. The average molecular weight is 297 g/mol. The summed E-state index contributed by atoms with van der Waals surface area (Å²) in [6.07, 6.45) is 0. The molecule has 2 aromatic rings. The molecule has 0 fully saturated rings. The van der Waals surface area contributed by atoms with Gasteiger partial charge in [-0.15, -0.1) is 0 Å². The van der Waals surface area contributed by atoms with E-state index in [1.54, 1.807) is 12.1 Å². The summed E-state index contributed by atoms with van der Waals surface area (Å²) in [6, 6.07) is 4.64. The van der Waals surface area contributed by atoms with Gasteiger partial charge in [0.05, 0.1) is 0 Å². The predicted octanol–water partition coefficient (Wildman–Crippen LogP) is 0.660. The number of carbonyl (C=O) groups excluding carboxylic acids is 1. The van der Waals surface area contributed by atoms with Crippen molar-refractivity contribution in [1.29, 1.82) is 0 Å². The van der Waals surface area contributed by atoms with Gasteiger partial charge in [-0.2, -0.15) is 4.98 Å². The lowest BCUT2D eigenvalue weighted by Gasteiger charge is -2.15. The molecule has 108 valence electrons. The molecule has 0 radical (unpaired) electrons. The number of rotatable bonds is 3. The van der Waals surface area contributed by atoms with Crippen molar-refractivity contribution in [1.82, 2.24) is 9.88 Å². The molecule has 1 aromatic heterocycles. The second kappa shape index (κ2) is 4.78. The highest BCUT2D eigenvalue weighted by Crippen LogP contribution is 2.24. The molecule has 1 unspecified atom stereocenters. The Balaban J connectivity index is 2.49. The summed E-state index contributed by atoms with van der Waals surface area (Å²) in [4.78, 5) is 16.9. The Labute approximate surface area is 116 Å². The van der Waals surface area contributed by atoms with Gasteiger partial charge >= 0.3 is 5.22 Å². The topological polar surface area (TPSA) is 106 Å². The van der Waals surface area contributed by atoms with E-state index in [0.29, 0.717) is 11.2 Å². The molecule has 0 aliphatic rings. The second-order valence-corrected chi connectivity index (χ2v) is 6.77. The number of nitrogens with zero attached hydrogens (tertiary/aromatic N) is 2. The molecular weight excluding hydrogens is 282 g/mol. The first-order valence-corrected chi connectivity index (χ1v) is 7.39. The van der Waals surface area contributed by atoms with E-state index in [1.807, 2.05) is 0 Å². The third-order valence-electron chi connectivity index (χ3n) is 2.89. The van der Waals surface area contributed by atoms with Gasteiger partial charge in [-0.3, -0.25) is 4.79 Å². The smallest absolute Gasteiger partial charge is 0.316 e. The molecule has 2 rings (SSSR count). The van der Waals surface area contributed by atoms with Crippen LogP contribution in [0.15, 0.2) is 27.8 Å². The van der Waals surface area contributed by atoms with Crippen molar-refractivity contribution in [3.05, 3.63) is 18.2 Å². The van der Waals surface area contributed by atoms with E-state index in [1.165, 1.54) is 32.0 Å². The standard InChI is InChI=1S/C12H15N3O4S/c1-7(11(16)15(2)3)20(17,18)12-14-9-5-4-8(13)6-10(9)19-12/h4-7H,13H2,1-3H3. The van der Waals surface area contributed by atoms with Crippen LogP contribution < -0.4 is 5.73 Å². The molecule has 20 heavy (non-hydrogen) atoms. The molecule has 0 spiro atoms. The van der Waals surface area contributed by atoms with Gasteiger partial charge in [0.1, 0.15) is 10.8 Å². The van der Waals surface area contributed by atoms with Gasteiger partial charge in [-0.25, -0.2) is 8.42 Å². The number of aromatic nitrogens is 1. The minimum absolute atomic E-state index is 0.271. The highest BCUT2D eigenvalue weighted by Gasteiger charge is 2.35. The number of anilines is 1. The molecular formula is C12H15N3O4S. The van der Waals surface area contributed by atoms with Crippen molar-refractivity contribution in [3.63, 3.8) is 0 Å². The molecule has 1 amide bonds. The first-order valence-electron chi connectivity index (χ1n) is 5.84. The zero-order valence-corrected chi connectivity index (χ0v) is 12.1. The van der Waals surface area contributed by atoms with Crippen LogP contribution in [0.4, 0.5) is 5.69 Å². The summed E-state index contributed by atoms with van der Waals surface area (Å²) in [5, 5.41) is -1.73. The summed E-state index contributed by atoms with van der Waals surface area (Å²) in [5.41, 5.74) is 6.68. The summed E-state index contributed by atoms with van der Waals surface area (Å²) in [5.74, 6) is -0.535. The number of hydrogen-bond donors (Lipinski definition) is 1. The monoisotopic (exact) mass is 297 g/mol. The maximum atomic E-state index is 12.3. The Morgan fingerprint density at radius 2 is 2.05 bits per heavy atom. The van der Waals surface area contributed by atoms with Crippen LogP contribution in [0, 0.1) is 0 Å². The lowest BCUT2D eigenvalue weighted by atomic mass is 10.3. The first kappa shape index (κ1) is 14.3. The Kier molecular flexibility index (Phi) is 3.43. The molecule has 1 heterocycles. The summed E-state index contributed by atoms with van der Waals surface area (Å²) >= 11 is 0. The molecule has 1 atom stereocenters. The Morgan fingerprint density at radius 1 is 1.40 bits per heavy atom. The highest BCUT2D eigenvalue weighted by molar-refractivity contribution is 7.92. The summed E-state index contributed by atoms with van der Waals surface area (Å²) in [7, 11) is -0.993. The lowest BCUT2D eigenvalue weighted by Crippen LogP contribution is -2.37. The zero-order chi connectivity index (χ0) is 15.1. The van der Waals surface area contributed by atoms with Crippen molar-refractivity contribution < 1.29 is 17.6 Å². The van der Waals surface area contributed by atoms with E-state index in [-0.39, 0.29) is 5.58 Å². The van der Waals surface area contributed by atoms with Crippen molar-refractivity contribution in [2.45, 2.75) is 17.4 Å². The third-order valence-corrected chi connectivity index (χ3v) is 4.68. The molecule has 0 saturated heterocycles. The number of carbonyl (C=O) groups is 1. The minimum atomic E-state index is -3.97. The van der Waals surface area contributed by atoms with Gasteiger partial charge < -0.3 is 15.1 Å². The molecule has 0 bridgehead atoms. The minimum Gasteiger partial charge on any atom is -0.428 e. The quantitative estimate of drug-likeness (QED) is 0.834. The zero-order valence-electron chi connectivity index (χ0n) is 11.3. The van der Waals surface area contributed by atoms with Gasteiger partial charge in [-0.1, -0.05) is 0 Å². The van der Waals surface area contributed by atoms with Gasteiger partial charge in [0.25, 0.3) is 0 Å². The molecule has 8 heteroatoms. The van der Waals surface area contributed by atoms with Crippen molar-refractivity contribution in [2.75, 3.05) is 19.8 Å². The number of hydrogen-bond acceptors (Lipinski definition) is 6. The van der Waals surface area contributed by atoms with Crippen LogP contribution in [-0.4, -0.2) is 43.6 Å². The van der Waals surface area contributed by atoms with Crippen LogP contribution in [0.25, 0.3) is 11.1 Å². The van der Waals surface area contributed by atoms with E-state index < -0.39 is 26.2 Å². The second-order valence-electron chi connectivity index (χ2n) is 4.63. The average Bonchev–Trinajstić information content (AvgIpc) is 2.80. The number of oxazole rings is 1. The van der Waals surface area contributed by atoms with E-state index in [0.717, 1.165) is 0 Å². The lowest BCUT2D eigenvalue weighted by molar-refractivity contribution is -0.127. The van der Waals surface area contributed by atoms with Gasteiger partial charge in [-0.05, 0) is 19.1 Å². The normalized spacial score (nSPS) is 13.3. The van der Waals surface area contributed by atoms with E-state index in [9.17, 15) is 13.2 Å². The van der Waals surface area contributed by atoms with Crippen molar-refractivity contribution in [2.24, 2.45) is 0 Å². The van der Waals surface area contributed by atoms with E-state index in [2.05, 4.69) is 4.98 Å². The maximum Gasteiger partial charge on any atom is 0.316 e. The van der Waals surface area contributed by atoms with Crippen LogP contribution in [0.3, 0.4) is 0 Å². The Morgan fingerprint density at radius 3 is 2.65 bits per heavy atom. The fourth-order valence-corrected chi connectivity index (χ4v) is 2.90. The third kappa shape index (κ3) is 2.34. The van der Waals surface area contributed by atoms with E-state index >= 15 is 0 Å². The fraction of sp³-hybridized carbons (Fsp3) is 0.333. The first-order chi connectivity index (χ1) is 9.23. The van der Waals surface area contributed by atoms with Crippen LogP contribution in [0.1, 0.15) is 6.92 Å². The van der Waals surface area contributed by atoms with Crippen LogP contribution in [0.2, 0.25) is 0 Å². The highest BCUT2D eigenvalue weighted by atomic mass is 32.2. The Hall–Kier alpha value is -2.09.